The second-order valence-electron chi connectivity index (χ2n) is 5.38. The Kier molecular flexibility index (Phi) is 14.1. The fraction of sp³-hybridized carbons (Fsp3) is 0.556. The first-order chi connectivity index (χ1) is 14.7. The van der Waals surface area contributed by atoms with E-state index in [0.29, 0.717) is 34.8 Å². The van der Waals surface area contributed by atoms with Gasteiger partial charge >= 0.3 is 0 Å². The van der Waals surface area contributed by atoms with Crippen molar-refractivity contribution in [2.45, 2.75) is 34.8 Å². The summed E-state index contributed by atoms with van der Waals surface area (Å²) in [6, 6.07) is 8.84. The zero-order valence-electron chi connectivity index (χ0n) is 15.9. The van der Waals surface area contributed by atoms with Gasteiger partial charge in [-0.15, -0.1) is 94.1 Å². The Hall–Kier alpha value is 0.240. The largest absolute Gasteiger partial charge is 0.198 e. The van der Waals surface area contributed by atoms with E-state index in [9.17, 15) is 0 Å². The third-order valence-electron chi connectivity index (χ3n) is 3.24. The van der Waals surface area contributed by atoms with E-state index in [1.54, 1.807) is 47.0 Å². The smallest absolute Gasteiger partial charge is 0.0825 e. The van der Waals surface area contributed by atoms with Crippen molar-refractivity contribution in [1.82, 2.24) is 0 Å². The molecule has 158 valence electrons. The van der Waals surface area contributed by atoms with Gasteiger partial charge < -0.3 is 0 Å². The maximum absolute atomic E-state index is 8.85. The minimum atomic E-state index is 0.370. The summed E-state index contributed by atoms with van der Waals surface area (Å²) in [4.78, 5) is 0. The third kappa shape index (κ3) is 9.00. The van der Waals surface area contributed by atoms with Gasteiger partial charge in [0.2, 0.25) is 0 Å². The molecule has 0 saturated carbocycles. The highest BCUT2D eigenvalue weighted by molar-refractivity contribution is 8.42. The van der Waals surface area contributed by atoms with E-state index < -0.39 is 0 Å². The van der Waals surface area contributed by atoms with E-state index in [-0.39, 0.29) is 0 Å². The summed E-state index contributed by atoms with van der Waals surface area (Å²) in [5, 5.41) is 35.4. The zero-order valence-corrected chi connectivity index (χ0v) is 22.4. The van der Waals surface area contributed by atoms with E-state index in [4.69, 9.17) is 21.0 Å². The molecule has 0 aliphatic carbocycles. The van der Waals surface area contributed by atoms with Crippen LogP contribution in [0.25, 0.3) is 0 Å². The van der Waals surface area contributed by atoms with Crippen LogP contribution >= 0.6 is 94.1 Å². The molecule has 0 fully saturated rings. The summed E-state index contributed by atoms with van der Waals surface area (Å²) < 4.78 is 5.88. The van der Waals surface area contributed by atoms with E-state index in [1.807, 2.05) is 47.0 Å². The second-order valence-corrected chi connectivity index (χ2v) is 16.0. The fourth-order valence-electron chi connectivity index (χ4n) is 2.01. The standard InChI is InChI=1S/C18H18N4S8/c19-5-1-9-23-13-14(24-10-2-6-20)28-17(27-13)18-29-15(25-11-3-7-21)16(30-18)26-12-4-8-22/h17-18H,1-4,9-12H2. The molecule has 0 unspecified atom stereocenters. The quantitative estimate of drug-likeness (QED) is 0.215. The molecule has 0 amide bonds. The van der Waals surface area contributed by atoms with E-state index in [2.05, 4.69) is 24.3 Å². The summed E-state index contributed by atoms with van der Waals surface area (Å²) >= 11 is 14.6. The Labute approximate surface area is 212 Å². The number of nitrogens with zero attached hydrogens (tertiary/aromatic N) is 4. The highest BCUT2D eigenvalue weighted by Gasteiger charge is 2.38. The van der Waals surface area contributed by atoms with Gasteiger partial charge in [0.25, 0.3) is 0 Å². The average Bonchev–Trinajstić information content (AvgIpc) is 3.33. The van der Waals surface area contributed by atoms with Crippen molar-refractivity contribution in [3.63, 3.8) is 0 Å². The first-order valence-electron chi connectivity index (χ1n) is 8.87. The van der Waals surface area contributed by atoms with Gasteiger partial charge in [-0.05, 0) is 0 Å². The fourth-order valence-corrected chi connectivity index (χ4v) is 15.2. The molecule has 2 aliphatic heterocycles. The molecule has 0 bridgehead atoms. The summed E-state index contributed by atoms with van der Waals surface area (Å²) in [6.45, 7) is 0. The molecular formula is C18H18N4S8. The number of nitriles is 4. The van der Waals surface area contributed by atoms with Crippen molar-refractivity contribution >= 4 is 94.1 Å². The van der Waals surface area contributed by atoms with Crippen LogP contribution in [0.15, 0.2) is 16.9 Å². The Bertz CT molecular complexity index is 682. The highest BCUT2D eigenvalue weighted by atomic mass is 32.3. The second kappa shape index (κ2) is 15.9. The van der Waals surface area contributed by atoms with Gasteiger partial charge in [0.1, 0.15) is 0 Å². The van der Waals surface area contributed by atoms with Crippen molar-refractivity contribution in [2.75, 3.05) is 23.0 Å². The summed E-state index contributed by atoms with van der Waals surface area (Å²) in [7, 11) is 0. The monoisotopic (exact) mass is 546 g/mol. The van der Waals surface area contributed by atoms with E-state index in [0.717, 1.165) is 23.0 Å². The molecule has 0 saturated heterocycles. The van der Waals surface area contributed by atoms with Gasteiger partial charge in [-0.2, -0.15) is 21.0 Å². The van der Waals surface area contributed by atoms with Gasteiger partial charge in [-0.3, -0.25) is 0 Å². The van der Waals surface area contributed by atoms with Crippen molar-refractivity contribution in [2.24, 2.45) is 0 Å². The Morgan fingerprint density at radius 2 is 0.733 bits per heavy atom. The Morgan fingerprint density at radius 3 is 0.933 bits per heavy atom. The Morgan fingerprint density at radius 1 is 0.500 bits per heavy atom. The van der Waals surface area contributed by atoms with Crippen LogP contribution in [0.5, 0.6) is 0 Å². The molecule has 4 nitrogen and oxygen atoms in total. The normalized spacial score (nSPS) is 17.1. The lowest BCUT2D eigenvalue weighted by Crippen LogP contribution is -2.07. The minimum absolute atomic E-state index is 0.370. The first kappa shape index (κ1) is 26.5. The molecule has 12 heteroatoms. The molecule has 0 aromatic rings. The van der Waals surface area contributed by atoms with Crippen molar-refractivity contribution < 1.29 is 0 Å². The molecule has 0 radical (unpaired) electrons. The van der Waals surface area contributed by atoms with E-state index >= 15 is 0 Å². The number of hydrogen-bond acceptors (Lipinski definition) is 12. The maximum atomic E-state index is 8.85. The van der Waals surface area contributed by atoms with Crippen LogP contribution in [0.2, 0.25) is 0 Å². The molecular weight excluding hydrogens is 529 g/mol. The van der Waals surface area contributed by atoms with Crippen LogP contribution in [-0.2, 0) is 0 Å². The van der Waals surface area contributed by atoms with Crippen LogP contribution in [0, 0.1) is 45.3 Å². The van der Waals surface area contributed by atoms with Crippen LogP contribution < -0.4 is 0 Å². The molecule has 30 heavy (non-hydrogen) atoms. The van der Waals surface area contributed by atoms with E-state index in [1.165, 1.54) is 16.9 Å². The first-order valence-corrected chi connectivity index (χ1v) is 16.3. The van der Waals surface area contributed by atoms with Crippen LogP contribution in [-0.4, -0.2) is 32.2 Å². The molecule has 2 aliphatic rings. The van der Waals surface area contributed by atoms with Gasteiger partial charge in [0, 0.05) is 48.7 Å². The molecule has 0 aromatic heterocycles. The lowest BCUT2D eigenvalue weighted by Gasteiger charge is -2.16. The van der Waals surface area contributed by atoms with Crippen molar-refractivity contribution in [3.05, 3.63) is 16.9 Å². The molecule has 2 rings (SSSR count). The lowest BCUT2D eigenvalue weighted by molar-refractivity contribution is 1.24. The topological polar surface area (TPSA) is 95.2 Å². The van der Waals surface area contributed by atoms with Crippen LogP contribution in [0.3, 0.4) is 0 Å². The van der Waals surface area contributed by atoms with Gasteiger partial charge in [-0.25, -0.2) is 0 Å². The summed E-state index contributed by atoms with van der Waals surface area (Å²) in [5.41, 5.74) is 0. The SMILES string of the molecule is N#CCCSC1=C(SCCC#N)SC(C2SC(SCCC#N)=C(SCCC#N)S2)S1. The van der Waals surface area contributed by atoms with Crippen LogP contribution in [0.1, 0.15) is 25.7 Å². The molecule has 0 spiro atoms. The predicted octanol–water partition coefficient (Wildman–Crippen LogP) is 7.44. The zero-order chi connectivity index (χ0) is 21.6. The molecule has 0 aromatic carbocycles. The van der Waals surface area contributed by atoms with Crippen molar-refractivity contribution in [1.29, 1.82) is 21.0 Å². The minimum Gasteiger partial charge on any atom is -0.198 e. The molecule has 0 atom stereocenters. The highest BCUT2D eigenvalue weighted by Crippen LogP contribution is 2.64. The van der Waals surface area contributed by atoms with Crippen molar-refractivity contribution in [3.8, 4) is 24.3 Å². The third-order valence-corrected chi connectivity index (χ3v) is 15.9. The molecule has 0 N–H and O–H groups in total. The van der Waals surface area contributed by atoms with Crippen LogP contribution in [0.4, 0.5) is 0 Å². The molecule has 2 heterocycles. The number of thioether (sulfide) groups is 8. The van der Waals surface area contributed by atoms with Gasteiger partial charge in [-0.1, -0.05) is 0 Å². The summed E-state index contributed by atoms with van der Waals surface area (Å²) in [5.74, 6) is 3.18. The predicted molar refractivity (Wildman–Crippen MR) is 143 cm³/mol. The number of rotatable bonds is 13. The maximum Gasteiger partial charge on any atom is 0.0825 e. The number of hydrogen-bond donors (Lipinski definition) is 0. The summed E-state index contributed by atoms with van der Waals surface area (Å²) in [6.07, 6.45) is 2.14. The van der Waals surface area contributed by atoms with Gasteiger partial charge in [0.05, 0.1) is 50.4 Å². The van der Waals surface area contributed by atoms with Gasteiger partial charge in [0.15, 0.2) is 0 Å². The average molecular weight is 547 g/mol. The lowest BCUT2D eigenvalue weighted by atomic mass is 10.6. The Balaban J connectivity index is 1.99.